The molecule has 6 rings (SSSR count). The summed E-state index contributed by atoms with van der Waals surface area (Å²) in [5, 5.41) is 0. The van der Waals surface area contributed by atoms with E-state index in [9.17, 15) is 0 Å². The number of nitrogens with zero attached hydrogens (tertiary/aromatic N) is 3. The van der Waals surface area contributed by atoms with Crippen molar-refractivity contribution in [2.45, 2.75) is 89.1 Å². The fourth-order valence-corrected chi connectivity index (χ4v) is 8.33. The number of halogens is 1. The number of benzene rings is 1. The van der Waals surface area contributed by atoms with Crippen LogP contribution in [0.5, 0.6) is 0 Å². The molecule has 0 aromatic heterocycles. The van der Waals surface area contributed by atoms with Gasteiger partial charge in [0.25, 0.3) is 0 Å². The summed E-state index contributed by atoms with van der Waals surface area (Å²) in [6, 6.07) is 7.55. The average molecular weight is 546 g/mol. The monoisotopic (exact) mass is 545 g/mol. The van der Waals surface area contributed by atoms with Crippen molar-refractivity contribution in [3.8, 4) is 0 Å². The summed E-state index contributed by atoms with van der Waals surface area (Å²) in [6.45, 7) is 10.2. The molecule has 0 N–H and O–H groups in total. The third kappa shape index (κ3) is 6.48. The van der Waals surface area contributed by atoms with Crippen LogP contribution in [0.15, 0.2) is 18.2 Å². The summed E-state index contributed by atoms with van der Waals surface area (Å²) in [6.07, 6.45) is 16.9. The van der Waals surface area contributed by atoms with Crippen LogP contribution in [0.3, 0.4) is 0 Å². The normalized spacial score (nSPS) is 26.1. The third-order valence-corrected chi connectivity index (χ3v) is 10.9. The number of ether oxygens (including phenoxy) is 2. The fourth-order valence-electron chi connectivity index (χ4n) is 8.33. The Kier molecular flexibility index (Phi) is 9.83. The van der Waals surface area contributed by atoms with E-state index in [4.69, 9.17) is 9.47 Å². The van der Waals surface area contributed by atoms with E-state index in [1.807, 2.05) is 7.11 Å². The second-order valence-corrected chi connectivity index (χ2v) is 13.0. The van der Waals surface area contributed by atoms with Crippen LogP contribution >= 0.6 is 12.4 Å². The van der Waals surface area contributed by atoms with Gasteiger partial charge in [0.05, 0.1) is 6.10 Å². The number of piperazine rings is 1. The van der Waals surface area contributed by atoms with E-state index in [0.717, 1.165) is 51.0 Å². The molecule has 38 heavy (non-hydrogen) atoms. The largest absolute Gasteiger partial charge is 0.381 e. The molecule has 0 amide bonds. The van der Waals surface area contributed by atoms with Crippen molar-refractivity contribution in [1.82, 2.24) is 4.90 Å². The van der Waals surface area contributed by atoms with Gasteiger partial charge in [0.15, 0.2) is 0 Å². The van der Waals surface area contributed by atoms with Crippen LogP contribution in [-0.2, 0) is 9.47 Å². The second-order valence-electron chi connectivity index (χ2n) is 13.0. The lowest BCUT2D eigenvalue weighted by Gasteiger charge is -2.42. The van der Waals surface area contributed by atoms with Crippen molar-refractivity contribution in [3.05, 3.63) is 23.8 Å². The number of hydrogen-bond donors (Lipinski definition) is 0. The van der Waals surface area contributed by atoms with Gasteiger partial charge in [0.2, 0.25) is 0 Å². The van der Waals surface area contributed by atoms with Gasteiger partial charge < -0.3 is 19.3 Å². The molecule has 3 aliphatic heterocycles. The van der Waals surface area contributed by atoms with Crippen molar-refractivity contribution >= 4 is 23.8 Å². The first-order valence-corrected chi connectivity index (χ1v) is 15.7. The first-order valence-electron chi connectivity index (χ1n) is 15.7. The van der Waals surface area contributed by atoms with Crippen molar-refractivity contribution in [2.24, 2.45) is 11.3 Å². The van der Waals surface area contributed by atoms with E-state index >= 15 is 0 Å². The molecule has 3 heterocycles. The molecule has 5 nitrogen and oxygen atoms in total. The predicted molar refractivity (Wildman–Crippen MR) is 160 cm³/mol. The van der Waals surface area contributed by atoms with Gasteiger partial charge in [-0.15, -0.1) is 12.4 Å². The van der Waals surface area contributed by atoms with E-state index in [1.165, 1.54) is 103 Å². The van der Waals surface area contributed by atoms with Crippen LogP contribution < -0.4 is 9.80 Å². The first-order chi connectivity index (χ1) is 18.2. The molecule has 214 valence electrons. The molecular formula is C32H52ClN3O2. The zero-order valence-electron chi connectivity index (χ0n) is 23.9. The minimum absolute atomic E-state index is 0. The minimum atomic E-state index is 0. The molecule has 1 aromatic carbocycles. The van der Waals surface area contributed by atoms with Crippen LogP contribution in [0.4, 0.5) is 11.4 Å². The highest BCUT2D eigenvalue weighted by molar-refractivity contribution is 5.85. The maximum Gasteiger partial charge on any atom is 0.0605 e. The van der Waals surface area contributed by atoms with Crippen LogP contribution in [0, 0.1) is 11.3 Å². The SMILES string of the molecule is COC1CCN(c2ccc(N3CCN(CC4CCOCC4)CC3)c(C3CCC4(CCCC4)CC3)c2)CC1.Cl. The highest BCUT2D eigenvalue weighted by Crippen LogP contribution is 2.53. The van der Waals surface area contributed by atoms with Crippen LogP contribution in [0.25, 0.3) is 0 Å². The predicted octanol–water partition coefficient (Wildman–Crippen LogP) is 6.49. The maximum absolute atomic E-state index is 5.65. The molecule has 0 unspecified atom stereocenters. The van der Waals surface area contributed by atoms with Crippen molar-refractivity contribution in [2.75, 3.05) is 75.9 Å². The average Bonchev–Trinajstić information content (AvgIpc) is 3.42. The van der Waals surface area contributed by atoms with Crippen molar-refractivity contribution < 1.29 is 9.47 Å². The molecule has 6 heteroatoms. The molecular weight excluding hydrogens is 494 g/mol. The van der Waals surface area contributed by atoms with Gasteiger partial charge >= 0.3 is 0 Å². The highest BCUT2D eigenvalue weighted by atomic mass is 35.5. The summed E-state index contributed by atoms with van der Waals surface area (Å²) >= 11 is 0. The first kappa shape index (κ1) is 28.5. The molecule has 2 aliphatic carbocycles. The summed E-state index contributed by atoms with van der Waals surface area (Å²) in [5.74, 6) is 1.57. The van der Waals surface area contributed by atoms with Gasteiger partial charge in [0.1, 0.15) is 0 Å². The van der Waals surface area contributed by atoms with Crippen molar-refractivity contribution in [1.29, 1.82) is 0 Å². The topological polar surface area (TPSA) is 28.2 Å². The quantitative estimate of drug-likeness (QED) is 0.407. The molecule has 5 aliphatic rings. The van der Waals surface area contributed by atoms with Gasteiger partial charge in [-0.05, 0) is 105 Å². The molecule has 1 aromatic rings. The molecule has 1 spiro atoms. The highest BCUT2D eigenvalue weighted by Gasteiger charge is 2.38. The van der Waals surface area contributed by atoms with Crippen LogP contribution in [0.2, 0.25) is 0 Å². The lowest BCUT2D eigenvalue weighted by atomic mass is 9.68. The molecule has 0 bridgehead atoms. The number of hydrogen-bond acceptors (Lipinski definition) is 5. The Labute approximate surface area is 238 Å². The second kappa shape index (κ2) is 13.1. The zero-order chi connectivity index (χ0) is 25.1. The number of anilines is 2. The van der Waals surface area contributed by atoms with Gasteiger partial charge in [-0.2, -0.15) is 0 Å². The lowest BCUT2D eigenvalue weighted by molar-refractivity contribution is 0.0517. The third-order valence-electron chi connectivity index (χ3n) is 10.9. The molecule has 0 atom stereocenters. The summed E-state index contributed by atoms with van der Waals surface area (Å²) in [4.78, 5) is 8.08. The fraction of sp³-hybridized carbons (Fsp3) is 0.812. The van der Waals surface area contributed by atoms with Gasteiger partial charge in [-0.1, -0.05) is 12.8 Å². The number of piperidine rings is 1. The Hall–Kier alpha value is -1.01. The Balaban J connectivity index is 0.00000294. The standard InChI is InChI=1S/C32H51N3O2.ClH/c1-36-29-8-16-34(17-9-29)28-4-5-31(30(24-28)27-6-14-32(15-7-27)12-2-3-13-32)35-20-18-33(19-21-35)25-26-10-22-37-23-11-26;/h4-5,24,26-27,29H,2-3,6-23,25H2,1H3;1H. The zero-order valence-corrected chi connectivity index (χ0v) is 24.7. The summed E-state index contributed by atoms with van der Waals surface area (Å²) < 4.78 is 11.2. The van der Waals surface area contributed by atoms with E-state index in [0.29, 0.717) is 11.5 Å². The smallest absolute Gasteiger partial charge is 0.0605 e. The van der Waals surface area contributed by atoms with Crippen LogP contribution in [0.1, 0.15) is 88.5 Å². The van der Waals surface area contributed by atoms with Crippen LogP contribution in [-0.4, -0.2) is 77.1 Å². The van der Waals surface area contributed by atoms with Gasteiger partial charge in [-0.3, -0.25) is 4.90 Å². The Morgan fingerprint density at radius 3 is 2.16 bits per heavy atom. The summed E-state index contributed by atoms with van der Waals surface area (Å²) in [5.41, 5.74) is 5.37. The summed E-state index contributed by atoms with van der Waals surface area (Å²) in [7, 11) is 1.87. The molecule has 3 saturated heterocycles. The van der Waals surface area contributed by atoms with E-state index in [2.05, 4.69) is 32.9 Å². The Bertz CT molecular complexity index is 859. The molecule has 0 radical (unpaired) electrons. The lowest BCUT2D eigenvalue weighted by Crippen LogP contribution is -2.48. The molecule has 2 saturated carbocycles. The minimum Gasteiger partial charge on any atom is -0.381 e. The molecule has 5 fully saturated rings. The van der Waals surface area contributed by atoms with Gasteiger partial charge in [-0.25, -0.2) is 0 Å². The van der Waals surface area contributed by atoms with Crippen molar-refractivity contribution in [3.63, 3.8) is 0 Å². The van der Waals surface area contributed by atoms with E-state index in [1.54, 1.807) is 11.3 Å². The van der Waals surface area contributed by atoms with E-state index in [-0.39, 0.29) is 12.4 Å². The van der Waals surface area contributed by atoms with Gasteiger partial charge in [0, 0.05) is 77.5 Å². The van der Waals surface area contributed by atoms with E-state index < -0.39 is 0 Å². The Morgan fingerprint density at radius 1 is 0.816 bits per heavy atom. The number of rotatable bonds is 6. The maximum atomic E-state index is 5.65. The Morgan fingerprint density at radius 2 is 1.50 bits per heavy atom. The number of methoxy groups -OCH3 is 1.